The number of nitrogens with zero attached hydrogens (tertiary/aromatic N) is 2. The predicted molar refractivity (Wildman–Crippen MR) is 120 cm³/mol. The van der Waals surface area contributed by atoms with E-state index in [9.17, 15) is 24.9 Å². The molecule has 168 valence electrons. The van der Waals surface area contributed by atoms with Gasteiger partial charge in [-0.25, -0.2) is 0 Å². The highest BCUT2D eigenvalue weighted by atomic mass is 16.5. The molecular weight excluding hydrogens is 412 g/mol. The summed E-state index contributed by atoms with van der Waals surface area (Å²) in [6.07, 6.45) is 6.20. The van der Waals surface area contributed by atoms with Crippen molar-refractivity contribution in [3.8, 4) is 17.2 Å². The van der Waals surface area contributed by atoms with Gasteiger partial charge in [0.1, 0.15) is 5.75 Å². The minimum absolute atomic E-state index is 0.00960. The number of aliphatic hydroxyl groups excluding tert-OH is 1. The summed E-state index contributed by atoms with van der Waals surface area (Å²) in [6, 6.07) is 9.57. The third-order valence-corrected chi connectivity index (χ3v) is 5.22. The molecule has 0 bridgehead atoms. The van der Waals surface area contributed by atoms with Gasteiger partial charge in [0.15, 0.2) is 11.5 Å². The van der Waals surface area contributed by atoms with Crippen molar-refractivity contribution < 1.29 is 29.6 Å². The highest BCUT2D eigenvalue weighted by Crippen LogP contribution is 2.26. The summed E-state index contributed by atoms with van der Waals surface area (Å²) in [5.41, 5.74) is 1.82. The SMILES string of the molecule is COc1cc(C=CC(=O)N2CCN(C(=O)C=Cc3ccc(O)c(CO)c3)CC2)ccc1O. The Labute approximate surface area is 186 Å². The van der Waals surface area contributed by atoms with Crippen molar-refractivity contribution in [1.29, 1.82) is 0 Å². The minimum Gasteiger partial charge on any atom is -0.508 e. The van der Waals surface area contributed by atoms with Crippen LogP contribution in [0.3, 0.4) is 0 Å². The first-order valence-electron chi connectivity index (χ1n) is 10.1. The maximum absolute atomic E-state index is 12.5. The molecule has 0 aliphatic carbocycles. The molecule has 2 amide bonds. The van der Waals surface area contributed by atoms with Gasteiger partial charge < -0.3 is 29.9 Å². The van der Waals surface area contributed by atoms with E-state index in [4.69, 9.17) is 4.74 Å². The number of aromatic hydroxyl groups is 2. The molecule has 3 N–H and O–H groups in total. The number of methoxy groups -OCH3 is 1. The third kappa shape index (κ3) is 5.67. The van der Waals surface area contributed by atoms with Gasteiger partial charge in [0.2, 0.25) is 11.8 Å². The zero-order valence-corrected chi connectivity index (χ0v) is 17.8. The molecule has 0 unspecified atom stereocenters. The van der Waals surface area contributed by atoms with Crippen LogP contribution in [0, 0.1) is 0 Å². The smallest absolute Gasteiger partial charge is 0.246 e. The molecule has 8 heteroatoms. The van der Waals surface area contributed by atoms with Crippen molar-refractivity contribution in [3.05, 3.63) is 65.2 Å². The number of phenols is 2. The fourth-order valence-electron chi connectivity index (χ4n) is 3.33. The second kappa shape index (κ2) is 10.5. The molecule has 0 radical (unpaired) electrons. The molecule has 3 rings (SSSR count). The number of hydrogen-bond donors (Lipinski definition) is 3. The largest absolute Gasteiger partial charge is 0.508 e. The van der Waals surface area contributed by atoms with Gasteiger partial charge in [-0.1, -0.05) is 12.1 Å². The topological polar surface area (TPSA) is 111 Å². The molecule has 2 aromatic rings. The summed E-state index contributed by atoms with van der Waals surface area (Å²) in [4.78, 5) is 28.3. The van der Waals surface area contributed by atoms with Gasteiger partial charge in [0.05, 0.1) is 13.7 Å². The molecule has 1 aliphatic rings. The van der Waals surface area contributed by atoms with Gasteiger partial charge in [0.25, 0.3) is 0 Å². The van der Waals surface area contributed by atoms with Gasteiger partial charge in [0, 0.05) is 43.9 Å². The third-order valence-electron chi connectivity index (χ3n) is 5.22. The number of ether oxygens (including phenoxy) is 1. The van der Waals surface area contributed by atoms with E-state index in [1.54, 1.807) is 46.2 Å². The summed E-state index contributed by atoms with van der Waals surface area (Å²) in [7, 11) is 1.46. The average molecular weight is 438 g/mol. The molecule has 2 aromatic carbocycles. The lowest BCUT2D eigenvalue weighted by Crippen LogP contribution is -2.49. The minimum atomic E-state index is -0.286. The Bertz CT molecular complexity index is 955. The molecule has 0 atom stereocenters. The standard InChI is InChI=1S/C24H26N2O6/c1-32-22-15-18(3-7-21(22)29)5-9-24(31)26-12-10-25(11-13-26)23(30)8-4-17-2-6-20(28)19(14-17)16-27/h2-9,14-15,27-29H,10-13,16H2,1H3. The first-order chi connectivity index (χ1) is 15.4. The number of amides is 2. The quantitative estimate of drug-likeness (QED) is 0.595. The zero-order valence-electron chi connectivity index (χ0n) is 17.8. The second-order valence-corrected chi connectivity index (χ2v) is 7.29. The van der Waals surface area contributed by atoms with Crippen LogP contribution < -0.4 is 4.74 Å². The Kier molecular flexibility index (Phi) is 7.51. The Morgan fingerprint density at radius 3 is 1.88 bits per heavy atom. The molecule has 1 heterocycles. The summed E-state index contributed by atoms with van der Waals surface area (Å²) >= 11 is 0. The van der Waals surface area contributed by atoms with Crippen molar-refractivity contribution in [2.24, 2.45) is 0 Å². The number of carbonyl (C=O) groups excluding carboxylic acids is 2. The fraction of sp³-hybridized carbons (Fsp3) is 0.250. The lowest BCUT2D eigenvalue weighted by atomic mass is 10.1. The highest BCUT2D eigenvalue weighted by Gasteiger charge is 2.21. The van der Waals surface area contributed by atoms with Crippen LogP contribution in [0.5, 0.6) is 17.2 Å². The lowest BCUT2D eigenvalue weighted by molar-refractivity contribution is -0.133. The van der Waals surface area contributed by atoms with Gasteiger partial charge in [-0.2, -0.15) is 0 Å². The predicted octanol–water partition coefficient (Wildman–Crippen LogP) is 2.00. The summed E-state index contributed by atoms with van der Waals surface area (Å²) in [5.74, 6) is 0.0582. The molecule has 0 aromatic heterocycles. The molecule has 8 nitrogen and oxygen atoms in total. The zero-order chi connectivity index (χ0) is 23.1. The van der Waals surface area contributed by atoms with E-state index in [2.05, 4.69) is 0 Å². The average Bonchev–Trinajstić information content (AvgIpc) is 2.82. The molecule has 0 spiro atoms. The van der Waals surface area contributed by atoms with E-state index in [1.807, 2.05) is 0 Å². The second-order valence-electron chi connectivity index (χ2n) is 7.29. The summed E-state index contributed by atoms with van der Waals surface area (Å²) in [6.45, 7) is 1.41. The van der Waals surface area contributed by atoms with Gasteiger partial charge >= 0.3 is 0 Å². The molecule has 1 aliphatic heterocycles. The molecule has 0 saturated carbocycles. The van der Waals surface area contributed by atoms with Crippen LogP contribution in [0.2, 0.25) is 0 Å². The van der Waals surface area contributed by atoms with Gasteiger partial charge in [-0.15, -0.1) is 0 Å². The Morgan fingerprint density at radius 1 is 0.875 bits per heavy atom. The van der Waals surface area contributed by atoms with Crippen molar-refractivity contribution in [3.63, 3.8) is 0 Å². The molecule has 32 heavy (non-hydrogen) atoms. The maximum atomic E-state index is 12.5. The normalized spacial score (nSPS) is 14.3. The van der Waals surface area contributed by atoms with E-state index >= 15 is 0 Å². The molecule has 1 fully saturated rings. The Balaban J connectivity index is 1.53. The van der Waals surface area contributed by atoms with E-state index in [0.717, 1.165) is 5.56 Å². The number of aliphatic hydroxyl groups is 1. The number of piperazine rings is 1. The van der Waals surface area contributed by atoms with Crippen LogP contribution in [0.4, 0.5) is 0 Å². The Hall–Kier alpha value is -3.78. The van der Waals surface area contributed by atoms with Gasteiger partial charge in [-0.3, -0.25) is 9.59 Å². The molecular formula is C24H26N2O6. The number of rotatable bonds is 6. The first kappa shape index (κ1) is 22.9. The van der Waals surface area contributed by atoms with Crippen LogP contribution >= 0.6 is 0 Å². The number of benzene rings is 2. The lowest BCUT2D eigenvalue weighted by Gasteiger charge is -2.33. The Morgan fingerprint density at radius 2 is 1.38 bits per heavy atom. The fourth-order valence-corrected chi connectivity index (χ4v) is 3.33. The van der Waals surface area contributed by atoms with Crippen LogP contribution in [-0.2, 0) is 16.2 Å². The number of hydrogen-bond acceptors (Lipinski definition) is 6. The highest BCUT2D eigenvalue weighted by molar-refractivity contribution is 5.93. The van der Waals surface area contributed by atoms with Crippen molar-refractivity contribution >= 4 is 24.0 Å². The van der Waals surface area contributed by atoms with Gasteiger partial charge in [-0.05, 0) is 47.5 Å². The van der Waals surface area contributed by atoms with E-state index in [0.29, 0.717) is 43.1 Å². The van der Waals surface area contributed by atoms with E-state index in [-0.39, 0.29) is 29.9 Å². The van der Waals surface area contributed by atoms with Crippen LogP contribution in [0.15, 0.2) is 48.6 Å². The van der Waals surface area contributed by atoms with E-state index in [1.165, 1.54) is 31.4 Å². The van der Waals surface area contributed by atoms with Crippen LogP contribution in [0.25, 0.3) is 12.2 Å². The number of carbonyl (C=O) groups is 2. The van der Waals surface area contributed by atoms with Crippen LogP contribution in [-0.4, -0.2) is 70.2 Å². The van der Waals surface area contributed by atoms with E-state index < -0.39 is 0 Å². The van der Waals surface area contributed by atoms with Crippen LogP contribution in [0.1, 0.15) is 16.7 Å². The van der Waals surface area contributed by atoms with Crippen molar-refractivity contribution in [1.82, 2.24) is 9.80 Å². The van der Waals surface area contributed by atoms with Crippen molar-refractivity contribution in [2.45, 2.75) is 6.61 Å². The molecule has 1 saturated heterocycles. The monoisotopic (exact) mass is 438 g/mol. The number of phenolic OH excluding ortho intramolecular Hbond substituents is 1. The van der Waals surface area contributed by atoms with Crippen molar-refractivity contribution in [2.75, 3.05) is 33.3 Å². The summed E-state index contributed by atoms with van der Waals surface area (Å²) in [5, 5.41) is 28.5. The summed E-state index contributed by atoms with van der Waals surface area (Å²) < 4.78 is 5.06. The maximum Gasteiger partial charge on any atom is 0.246 e. The first-order valence-corrected chi connectivity index (χ1v) is 10.1.